The Kier molecular flexibility index (Phi) is 5.04. The molecule has 0 bridgehead atoms. The lowest BCUT2D eigenvalue weighted by Crippen LogP contribution is -2.40. The molecule has 1 heterocycles. The second-order valence-corrected chi connectivity index (χ2v) is 6.50. The van der Waals surface area contributed by atoms with Crippen LogP contribution in [0, 0.1) is 0 Å². The van der Waals surface area contributed by atoms with Crippen molar-refractivity contribution >= 4 is 21.8 Å². The molecule has 0 amide bonds. The maximum Gasteiger partial charge on any atom is 0.279 e. The molecule has 1 N–H and O–H groups in total. The Morgan fingerprint density at radius 3 is 2.47 bits per heavy atom. The highest BCUT2D eigenvalue weighted by Crippen LogP contribution is 2.15. The van der Waals surface area contributed by atoms with Crippen LogP contribution in [0.4, 0.5) is 0 Å². The molecule has 0 unspecified atom stereocenters. The Hall–Kier alpha value is -0.820. The van der Waals surface area contributed by atoms with Crippen LogP contribution in [-0.2, 0) is 10.2 Å². The highest BCUT2D eigenvalue weighted by atomic mass is 35.5. The number of benzene rings is 1. The van der Waals surface area contributed by atoms with E-state index in [1.807, 2.05) is 0 Å². The van der Waals surface area contributed by atoms with Crippen LogP contribution >= 0.6 is 11.6 Å². The molecule has 0 aromatic heterocycles. The average molecular weight is 305 g/mol. The second kappa shape index (κ2) is 6.56. The topological polar surface area (TPSA) is 58.6 Å². The van der Waals surface area contributed by atoms with E-state index in [-0.39, 0.29) is 13.2 Å². The van der Waals surface area contributed by atoms with E-state index in [1.54, 1.807) is 24.3 Å². The van der Waals surface area contributed by atoms with Gasteiger partial charge in [-0.05, 0) is 37.1 Å². The monoisotopic (exact) mass is 304 g/mol. The van der Waals surface area contributed by atoms with Crippen molar-refractivity contribution in [3.05, 3.63) is 29.3 Å². The molecule has 19 heavy (non-hydrogen) atoms. The van der Waals surface area contributed by atoms with Crippen molar-refractivity contribution in [2.75, 3.05) is 26.2 Å². The smallest absolute Gasteiger partial charge is 0.279 e. The number of nitrogens with zero attached hydrogens (tertiary/aromatic N) is 1. The van der Waals surface area contributed by atoms with Crippen molar-refractivity contribution in [3.8, 4) is 5.75 Å². The molecule has 0 aliphatic carbocycles. The van der Waals surface area contributed by atoms with Gasteiger partial charge in [0.05, 0.1) is 0 Å². The number of nitrogens with one attached hydrogen (secondary N) is 1. The molecule has 5 nitrogen and oxygen atoms in total. The molecule has 0 spiro atoms. The molecule has 106 valence electrons. The molecule has 0 atom stereocenters. The first-order chi connectivity index (χ1) is 9.08. The third-order valence-electron chi connectivity index (χ3n) is 2.87. The summed E-state index contributed by atoms with van der Waals surface area (Å²) in [5, 5.41) is 0.641. The van der Waals surface area contributed by atoms with Crippen LogP contribution in [0.1, 0.15) is 12.8 Å². The zero-order chi connectivity index (χ0) is 13.7. The van der Waals surface area contributed by atoms with Gasteiger partial charge in [-0.1, -0.05) is 11.6 Å². The predicted molar refractivity (Wildman–Crippen MR) is 74.7 cm³/mol. The minimum Gasteiger partial charge on any atom is -0.492 e. The van der Waals surface area contributed by atoms with Crippen LogP contribution in [0.5, 0.6) is 5.75 Å². The summed E-state index contributed by atoms with van der Waals surface area (Å²) in [7, 11) is -3.34. The fourth-order valence-electron chi connectivity index (χ4n) is 1.89. The van der Waals surface area contributed by atoms with Gasteiger partial charge in [-0.15, -0.1) is 0 Å². The van der Waals surface area contributed by atoms with E-state index < -0.39 is 10.2 Å². The Morgan fingerprint density at radius 1 is 1.21 bits per heavy atom. The van der Waals surface area contributed by atoms with E-state index in [2.05, 4.69) is 4.72 Å². The Labute approximate surface area is 118 Å². The van der Waals surface area contributed by atoms with Gasteiger partial charge in [-0.25, -0.2) is 0 Å². The van der Waals surface area contributed by atoms with E-state index in [0.717, 1.165) is 12.8 Å². The molecule has 0 radical (unpaired) electrons. The zero-order valence-corrected chi connectivity index (χ0v) is 12.1. The molecule has 1 aliphatic heterocycles. The number of hydrogen-bond acceptors (Lipinski definition) is 3. The maximum absolute atomic E-state index is 11.8. The van der Waals surface area contributed by atoms with E-state index in [4.69, 9.17) is 16.3 Å². The number of halogens is 1. The van der Waals surface area contributed by atoms with Gasteiger partial charge in [0.15, 0.2) is 0 Å². The molecular weight excluding hydrogens is 288 g/mol. The molecule has 1 aromatic rings. The van der Waals surface area contributed by atoms with Gasteiger partial charge < -0.3 is 4.74 Å². The Bertz CT molecular complexity index is 498. The van der Waals surface area contributed by atoms with Crippen molar-refractivity contribution < 1.29 is 13.2 Å². The summed E-state index contributed by atoms with van der Waals surface area (Å²) in [6.07, 6.45) is 1.87. The maximum atomic E-state index is 11.8. The van der Waals surface area contributed by atoms with Gasteiger partial charge in [-0.3, -0.25) is 0 Å². The summed E-state index contributed by atoms with van der Waals surface area (Å²) < 4.78 is 33.1. The number of rotatable bonds is 6. The minimum absolute atomic E-state index is 0.251. The first kappa shape index (κ1) is 14.6. The lowest BCUT2D eigenvalue weighted by molar-refractivity contribution is 0.321. The zero-order valence-electron chi connectivity index (χ0n) is 10.5. The van der Waals surface area contributed by atoms with Gasteiger partial charge in [0.1, 0.15) is 12.4 Å². The quantitative estimate of drug-likeness (QED) is 0.813. The molecule has 1 aromatic carbocycles. The molecule has 2 rings (SSSR count). The van der Waals surface area contributed by atoms with E-state index >= 15 is 0 Å². The summed E-state index contributed by atoms with van der Waals surface area (Å²) in [5.41, 5.74) is 0. The first-order valence-electron chi connectivity index (χ1n) is 6.21. The normalized spacial score (nSPS) is 16.7. The molecule has 1 aliphatic rings. The van der Waals surface area contributed by atoms with Gasteiger partial charge in [-0.2, -0.15) is 17.4 Å². The van der Waals surface area contributed by atoms with Crippen molar-refractivity contribution in [3.63, 3.8) is 0 Å². The lowest BCUT2D eigenvalue weighted by Gasteiger charge is -2.16. The molecular formula is C12H17ClN2O3S. The third kappa shape index (κ3) is 4.35. The molecule has 0 saturated carbocycles. The van der Waals surface area contributed by atoms with Gasteiger partial charge >= 0.3 is 0 Å². The van der Waals surface area contributed by atoms with Crippen molar-refractivity contribution in [1.82, 2.24) is 9.03 Å². The van der Waals surface area contributed by atoms with E-state index in [1.165, 1.54) is 4.31 Å². The van der Waals surface area contributed by atoms with Crippen LogP contribution in [-0.4, -0.2) is 39.0 Å². The molecule has 7 heteroatoms. The number of hydrogen-bond donors (Lipinski definition) is 1. The fraction of sp³-hybridized carbons (Fsp3) is 0.500. The van der Waals surface area contributed by atoms with Crippen molar-refractivity contribution in [2.24, 2.45) is 0 Å². The van der Waals surface area contributed by atoms with Crippen LogP contribution in [0.3, 0.4) is 0 Å². The standard InChI is InChI=1S/C12H17ClN2O3S/c13-11-3-5-12(6-4-11)18-10-7-14-19(16,17)15-8-1-2-9-15/h3-6,14H,1-2,7-10H2. The largest absolute Gasteiger partial charge is 0.492 e. The summed E-state index contributed by atoms with van der Waals surface area (Å²) in [5.74, 6) is 0.671. The summed E-state index contributed by atoms with van der Waals surface area (Å²) in [6.45, 7) is 1.75. The molecule has 1 fully saturated rings. The molecule has 1 saturated heterocycles. The predicted octanol–water partition coefficient (Wildman–Crippen LogP) is 1.65. The highest BCUT2D eigenvalue weighted by Gasteiger charge is 2.24. The fourth-order valence-corrected chi connectivity index (χ4v) is 3.28. The lowest BCUT2D eigenvalue weighted by atomic mass is 10.3. The SMILES string of the molecule is O=S(=O)(NCCOc1ccc(Cl)cc1)N1CCCC1. The summed E-state index contributed by atoms with van der Waals surface area (Å²) in [4.78, 5) is 0. The van der Waals surface area contributed by atoms with Crippen LogP contribution in [0.25, 0.3) is 0 Å². The van der Waals surface area contributed by atoms with Crippen LogP contribution < -0.4 is 9.46 Å². The van der Waals surface area contributed by atoms with Crippen LogP contribution in [0.15, 0.2) is 24.3 Å². The van der Waals surface area contributed by atoms with Gasteiger partial charge in [0, 0.05) is 24.7 Å². The third-order valence-corrected chi connectivity index (χ3v) is 4.74. The van der Waals surface area contributed by atoms with E-state index in [0.29, 0.717) is 23.9 Å². The summed E-state index contributed by atoms with van der Waals surface area (Å²) in [6, 6.07) is 6.95. The summed E-state index contributed by atoms with van der Waals surface area (Å²) >= 11 is 5.75. The Balaban J connectivity index is 1.73. The van der Waals surface area contributed by atoms with Gasteiger partial charge in [0.2, 0.25) is 0 Å². The number of ether oxygens (including phenoxy) is 1. The first-order valence-corrected chi connectivity index (χ1v) is 8.03. The van der Waals surface area contributed by atoms with Crippen LogP contribution in [0.2, 0.25) is 5.02 Å². The van der Waals surface area contributed by atoms with Crippen molar-refractivity contribution in [1.29, 1.82) is 0 Å². The Morgan fingerprint density at radius 2 is 1.84 bits per heavy atom. The second-order valence-electron chi connectivity index (χ2n) is 4.31. The minimum atomic E-state index is -3.34. The van der Waals surface area contributed by atoms with Gasteiger partial charge in [0.25, 0.3) is 10.2 Å². The van der Waals surface area contributed by atoms with Crippen molar-refractivity contribution in [2.45, 2.75) is 12.8 Å². The average Bonchev–Trinajstić information content (AvgIpc) is 2.91. The highest BCUT2D eigenvalue weighted by molar-refractivity contribution is 7.87. The van der Waals surface area contributed by atoms with E-state index in [9.17, 15) is 8.42 Å².